The van der Waals surface area contributed by atoms with Crippen LogP contribution in [0, 0.1) is 0 Å². The second-order valence-electron chi connectivity index (χ2n) is 5.89. The summed E-state index contributed by atoms with van der Waals surface area (Å²) in [6.45, 7) is 7.07. The summed E-state index contributed by atoms with van der Waals surface area (Å²) in [5, 5.41) is 3.29. The van der Waals surface area contributed by atoms with E-state index in [0.29, 0.717) is 6.54 Å². The van der Waals surface area contributed by atoms with Crippen molar-refractivity contribution in [2.45, 2.75) is 39.2 Å². The van der Waals surface area contributed by atoms with Crippen LogP contribution in [0.4, 0.5) is 0 Å². The van der Waals surface area contributed by atoms with E-state index in [0.717, 1.165) is 28.4 Å². The molecule has 0 atom stereocenters. The predicted octanol–water partition coefficient (Wildman–Crippen LogP) is 3.50. The van der Waals surface area contributed by atoms with Crippen LogP contribution >= 0.6 is 11.3 Å². The third-order valence-corrected chi connectivity index (χ3v) is 4.14. The van der Waals surface area contributed by atoms with E-state index in [1.165, 1.54) is 5.56 Å². The van der Waals surface area contributed by atoms with E-state index in [2.05, 4.69) is 32.2 Å². The molecule has 1 aromatic heterocycles. The average Bonchev–Trinajstić information content (AvgIpc) is 2.87. The molecule has 2 N–H and O–H groups in total. The zero-order valence-electron chi connectivity index (χ0n) is 12.6. The van der Waals surface area contributed by atoms with E-state index in [9.17, 15) is 0 Å². The molecular formula is C16H22N2OS. The fourth-order valence-corrected chi connectivity index (χ4v) is 3.04. The number of nitrogens with zero attached hydrogens (tertiary/aromatic N) is 1. The largest absolute Gasteiger partial charge is 0.497 e. The summed E-state index contributed by atoms with van der Waals surface area (Å²) in [5.41, 5.74) is 9.43. The van der Waals surface area contributed by atoms with Crippen molar-refractivity contribution < 1.29 is 4.74 Å². The van der Waals surface area contributed by atoms with Crippen molar-refractivity contribution in [3.8, 4) is 5.75 Å². The highest BCUT2D eigenvalue weighted by atomic mass is 32.1. The Morgan fingerprint density at radius 1 is 1.25 bits per heavy atom. The van der Waals surface area contributed by atoms with Gasteiger partial charge in [-0.1, -0.05) is 26.8 Å². The van der Waals surface area contributed by atoms with Gasteiger partial charge in [0.2, 0.25) is 0 Å². The molecule has 2 aromatic rings. The van der Waals surface area contributed by atoms with Gasteiger partial charge in [0, 0.05) is 23.8 Å². The van der Waals surface area contributed by atoms with Crippen LogP contribution in [0.15, 0.2) is 23.6 Å². The Labute approximate surface area is 124 Å². The number of benzene rings is 1. The zero-order chi connectivity index (χ0) is 14.8. The first-order valence-corrected chi connectivity index (χ1v) is 7.62. The minimum Gasteiger partial charge on any atom is -0.497 e. The molecule has 0 aliphatic carbocycles. The van der Waals surface area contributed by atoms with Gasteiger partial charge in [0.15, 0.2) is 0 Å². The Balaban J connectivity index is 2.23. The normalized spacial score (nSPS) is 11.7. The van der Waals surface area contributed by atoms with Crippen molar-refractivity contribution >= 4 is 11.3 Å². The molecule has 1 heterocycles. The lowest BCUT2D eigenvalue weighted by molar-refractivity contribution is 0.414. The standard InChI is InChI=1S/C16H22N2OS/c1-16(2,3)14-10-20-15(18-14)8-11-5-6-13(19-4)7-12(11)9-17/h5-7,10H,8-9,17H2,1-4H3. The highest BCUT2D eigenvalue weighted by molar-refractivity contribution is 7.09. The van der Waals surface area contributed by atoms with Crippen LogP contribution in [0.25, 0.3) is 0 Å². The monoisotopic (exact) mass is 290 g/mol. The molecule has 2 rings (SSSR count). The smallest absolute Gasteiger partial charge is 0.119 e. The van der Waals surface area contributed by atoms with Gasteiger partial charge in [0.1, 0.15) is 5.75 Å². The van der Waals surface area contributed by atoms with Crippen LogP contribution in [0.2, 0.25) is 0 Å². The molecule has 0 saturated heterocycles. The van der Waals surface area contributed by atoms with Gasteiger partial charge in [-0.3, -0.25) is 0 Å². The van der Waals surface area contributed by atoms with Crippen LogP contribution in [-0.4, -0.2) is 12.1 Å². The second-order valence-corrected chi connectivity index (χ2v) is 6.83. The summed E-state index contributed by atoms with van der Waals surface area (Å²) < 4.78 is 5.24. The Bertz CT molecular complexity index is 584. The third kappa shape index (κ3) is 3.38. The third-order valence-electron chi connectivity index (χ3n) is 3.30. The van der Waals surface area contributed by atoms with Gasteiger partial charge in [-0.05, 0) is 23.3 Å². The van der Waals surface area contributed by atoms with E-state index >= 15 is 0 Å². The minimum absolute atomic E-state index is 0.103. The molecule has 1 aromatic carbocycles. The number of nitrogens with two attached hydrogens (primary N) is 1. The maximum Gasteiger partial charge on any atom is 0.119 e. The lowest BCUT2D eigenvalue weighted by Gasteiger charge is -2.14. The molecule has 0 saturated carbocycles. The average molecular weight is 290 g/mol. The molecule has 3 nitrogen and oxygen atoms in total. The van der Waals surface area contributed by atoms with E-state index in [1.54, 1.807) is 18.4 Å². The summed E-state index contributed by atoms with van der Waals surface area (Å²) >= 11 is 1.72. The van der Waals surface area contributed by atoms with E-state index < -0.39 is 0 Å². The van der Waals surface area contributed by atoms with Crippen molar-refractivity contribution in [2.75, 3.05) is 7.11 Å². The molecule has 4 heteroatoms. The second kappa shape index (κ2) is 5.94. The Morgan fingerprint density at radius 3 is 2.55 bits per heavy atom. The van der Waals surface area contributed by atoms with Crippen molar-refractivity contribution in [3.05, 3.63) is 45.4 Å². The molecule has 0 aliphatic heterocycles. The lowest BCUT2D eigenvalue weighted by Crippen LogP contribution is -2.11. The fourth-order valence-electron chi connectivity index (χ4n) is 1.99. The molecule has 108 valence electrons. The van der Waals surface area contributed by atoms with Gasteiger partial charge < -0.3 is 10.5 Å². The molecular weight excluding hydrogens is 268 g/mol. The molecule has 0 aliphatic rings. The molecule has 0 bridgehead atoms. The molecule has 0 fully saturated rings. The maximum absolute atomic E-state index is 5.83. The number of hydrogen-bond acceptors (Lipinski definition) is 4. The van der Waals surface area contributed by atoms with Crippen LogP contribution in [-0.2, 0) is 18.4 Å². The summed E-state index contributed by atoms with van der Waals surface area (Å²) in [4.78, 5) is 4.74. The number of methoxy groups -OCH3 is 1. The Kier molecular flexibility index (Phi) is 4.45. The number of thiazole rings is 1. The topological polar surface area (TPSA) is 48.1 Å². The van der Waals surface area contributed by atoms with Crippen molar-refractivity contribution in [3.63, 3.8) is 0 Å². The minimum atomic E-state index is 0.103. The first-order chi connectivity index (χ1) is 9.44. The van der Waals surface area contributed by atoms with E-state index in [1.807, 2.05) is 12.1 Å². The van der Waals surface area contributed by atoms with Gasteiger partial charge in [0.05, 0.1) is 17.8 Å². The molecule has 0 unspecified atom stereocenters. The lowest BCUT2D eigenvalue weighted by atomic mass is 9.93. The van der Waals surface area contributed by atoms with Crippen molar-refractivity contribution in [1.29, 1.82) is 0 Å². The molecule has 0 radical (unpaired) electrons. The van der Waals surface area contributed by atoms with Crippen LogP contribution < -0.4 is 10.5 Å². The van der Waals surface area contributed by atoms with Crippen LogP contribution in [0.1, 0.15) is 42.6 Å². The predicted molar refractivity (Wildman–Crippen MR) is 84.5 cm³/mol. The van der Waals surface area contributed by atoms with Crippen molar-refractivity contribution in [2.24, 2.45) is 5.73 Å². The van der Waals surface area contributed by atoms with E-state index in [-0.39, 0.29) is 5.41 Å². The maximum atomic E-state index is 5.83. The van der Waals surface area contributed by atoms with Crippen LogP contribution in [0.5, 0.6) is 5.75 Å². The number of rotatable bonds is 4. The van der Waals surface area contributed by atoms with Gasteiger partial charge >= 0.3 is 0 Å². The summed E-state index contributed by atoms with van der Waals surface area (Å²) in [7, 11) is 1.67. The number of ether oxygens (including phenoxy) is 1. The number of hydrogen-bond donors (Lipinski definition) is 1. The van der Waals surface area contributed by atoms with Gasteiger partial charge in [-0.15, -0.1) is 11.3 Å². The first-order valence-electron chi connectivity index (χ1n) is 6.75. The first kappa shape index (κ1) is 15.0. The summed E-state index contributed by atoms with van der Waals surface area (Å²) in [5.74, 6) is 0.851. The Morgan fingerprint density at radius 2 is 2.00 bits per heavy atom. The summed E-state index contributed by atoms with van der Waals surface area (Å²) in [6.07, 6.45) is 0.831. The van der Waals surface area contributed by atoms with E-state index in [4.69, 9.17) is 15.5 Å². The van der Waals surface area contributed by atoms with Gasteiger partial charge in [-0.2, -0.15) is 0 Å². The molecule has 0 spiro atoms. The summed E-state index contributed by atoms with van der Waals surface area (Å²) in [6, 6.07) is 6.07. The fraction of sp³-hybridized carbons (Fsp3) is 0.438. The SMILES string of the molecule is COc1ccc(Cc2nc(C(C)(C)C)cs2)c(CN)c1. The molecule has 0 amide bonds. The van der Waals surface area contributed by atoms with Crippen LogP contribution in [0.3, 0.4) is 0 Å². The highest BCUT2D eigenvalue weighted by Gasteiger charge is 2.17. The van der Waals surface area contributed by atoms with Gasteiger partial charge in [0.25, 0.3) is 0 Å². The molecule has 20 heavy (non-hydrogen) atoms. The number of aromatic nitrogens is 1. The zero-order valence-corrected chi connectivity index (χ0v) is 13.4. The van der Waals surface area contributed by atoms with Gasteiger partial charge in [-0.25, -0.2) is 4.98 Å². The highest BCUT2D eigenvalue weighted by Crippen LogP contribution is 2.26. The Hall–Kier alpha value is -1.39. The van der Waals surface area contributed by atoms with Crippen molar-refractivity contribution in [1.82, 2.24) is 4.98 Å². The quantitative estimate of drug-likeness (QED) is 0.937.